The fraction of sp³-hybridized carbons (Fsp3) is 0.462. The SMILES string of the molecule is COC1CN(c2ccc(C(N)=S)cc2Br)CC1OC. The van der Waals surface area contributed by atoms with Gasteiger partial charge in [0.25, 0.3) is 0 Å². The molecule has 0 bridgehead atoms. The van der Waals surface area contributed by atoms with Crippen molar-refractivity contribution in [3.8, 4) is 0 Å². The Kier molecular flexibility index (Phi) is 4.78. The van der Waals surface area contributed by atoms with Crippen molar-refractivity contribution in [2.75, 3.05) is 32.2 Å². The minimum Gasteiger partial charge on any atom is -0.389 e. The van der Waals surface area contributed by atoms with Gasteiger partial charge in [-0.3, -0.25) is 0 Å². The predicted octanol–water partition coefficient (Wildman–Crippen LogP) is 1.93. The van der Waals surface area contributed by atoms with Crippen LogP contribution in [0.15, 0.2) is 22.7 Å². The maximum absolute atomic E-state index is 5.63. The van der Waals surface area contributed by atoms with Crippen LogP contribution < -0.4 is 10.6 Å². The van der Waals surface area contributed by atoms with Crippen LogP contribution >= 0.6 is 28.1 Å². The molecule has 2 rings (SSSR count). The standard InChI is InChI=1S/C13H17BrN2O2S/c1-17-11-6-16(7-12(11)18-2)10-4-3-8(13(15)19)5-9(10)14/h3-5,11-12H,6-7H2,1-2H3,(H2,15,19). The fourth-order valence-corrected chi connectivity index (χ4v) is 3.07. The second-order valence-corrected chi connectivity index (χ2v) is 5.78. The number of ether oxygens (including phenoxy) is 2. The maximum Gasteiger partial charge on any atom is 0.104 e. The van der Waals surface area contributed by atoms with E-state index in [-0.39, 0.29) is 12.2 Å². The zero-order valence-corrected chi connectivity index (χ0v) is 13.3. The molecule has 2 unspecified atom stereocenters. The molecule has 1 aromatic carbocycles. The minimum absolute atomic E-state index is 0.0900. The van der Waals surface area contributed by atoms with Crippen LogP contribution in [0.25, 0.3) is 0 Å². The second kappa shape index (κ2) is 6.17. The van der Waals surface area contributed by atoms with Gasteiger partial charge in [0.1, 0.15) is 17.2 Å². The van der Waals surface area contributed by atoms with Crippen molar-refractivity contribution in [2.45, 2.75) is 12.2 Å². The molecular weight excluding hydrogens is 328 g/mol. The van der Waals surface area contributed by atoms with Crippen molar-refractivity contribution in [1.82, 2.24) is 0 Å². The molecule has 0 aromatic heterocycles. The number of thiocarbonyl (C=S) groups is 1. The Morgan fingerprint density at radius 2 is 1.89 bits per heavy atom. The van der Waals surface area contributed by atoms with Crippen molar-refractivity contribution in [3.63, 3.8) is 0 Å². The molecule has 4 nitrogen and oxygen atoms in total. The molecule has 1 fully saturated rings. The first-order valence-corrected chi connectivity index (χ1v) is 7.16. The largest absolute Gasteiger partial charge is 0.389 e. The van der Waals surface area contributed by atoms with Crippen molar-refractivity contribution >= 4 is 38.8 Å². The highest BCUT2D eigenvalue weighted by Crippen LogP contribution is 2.31. The smallest absolute Gasteiger partial charge is 0.104 e. The Hall–Kier alpha value is -0.690. The number of hydrogen-bond acceptors (Lipinski definition) is 4. The summed E-state index contributed by atoms with van der Waals surface area (Å²) < 4.78 is 11.9. The van der Waals surface area contributed by atoms with Crippen LogP contribution in [0.2, 0.25) is 0 Å². The number of nitrogens with zero attached hydrogens (tertiary/aromatic N) is 1. The normalized spacial score (nSPS) is 22.8. The molecule has 2 N–H and O–H groups in total. The number of benzene rings is 1. The van der Waals surface area contributed by atoms with Gasteiger partial charge in [-0.2, -0.15) is 0 Å². The molecule has 19 heavy (non-hydrogen) atoms. The van der Waals surface area contributed by atoms with Crippen LogP contribution in [0.1, 0.15) is 5.56 Å². The molecule has 0 aliphatic carbocycles. The summed E-state index contributed by atoms with van der Waals surface area (Å²) in [6.07, 6.45) is 0.180. The topological polar surface area (TPSA) is 47.7 Å². The summed E-state index contributed by atoms with van der Waals surface area (Å²) in [5.74, 6) is 0. The van der Waals surface area contributed by atoms with Gasteiger partial charge in [0.2, 0.25) is 0 Å². The summed E-state index contributed by atoms with van der Waals surface area (Å²) in [7, 11) is 3.43. The Labute approximate surface area is 127 Å². The summed E-state index contributed by atoms with van der Waals surface area (Å²) in [5.41, 5.74) is 7.59. The lowest BCUT2D eigenvalue weighted by Crippen LogP contribution is -2.27. The summed E-state index contributed by atoms with van der Waals surface area (Å²) in [4.78, 5) is 2.63. The predicted molar refractivity (Wildman–Crippen MR) is 83.8 cm³/mol. The molecular formula is C13H17BrN2O2S. The number of nitrogens with two attached hydrogens (primary N) is 1. The van der Waals surface area contributed by atoms with E-state index in [1.165, 1.54) is 0 Å². The van der Waals surface area contributed by atoms with Crippen LogP contribution in [0, 0.1) is 0 Å². The zero-order valence-electron chi connectivity index (χ0n) is 10.9. The molecule has 1 aromatic rings. The lowest BCUT2D eigenvalue weighted by molar-refractivity contribution is -0.00461. The highest BCUT2D eigenvalue weighted by Gasteiger charge is 2.33. The van der Waals surface area contributed by atoms with E-state index in [9.17, 15) is 0 Å². The van der Waals surface area contributed by atoms with Gasteiger partial charge in [-0.15, -0.1) is 0 Å². The third-order valence-corrected chi connectivity index (χ3v) is 4.26. The quantitative estimate of drug-likeness (QED) is 0.845. The number of methoxy groups -OCH3 is 2. The molecule has 104 valence electrons. The molecule has 0 saturated carbocycles. The fourth-order valence-electron chi connectivity index (χ4n) is 2.31. The van der Waals surface area contributed by atoms with Crippen molar-refractivity contribution in [3.05, 3.63) is 28.2 Å². The van der Waals surface area contributed by atoms with E-state index in [0.717, 1.165) is 28.8 Å². The Balaban J connectivity index is 2.21. The van der Waals surface area contributed by atoms with E-state index in [0.29, 0.717) is 4.99 Å². The van der Waals surface area contributed by atoms with E-state index < -0.39 is 0 Å². The van der Waals surface area contributed by atoms with Gasteiger partial charge in [0, 0.05) is 37.3 Å². The third kappa shape index (κ3) is 3.08. The number of anilines is 1. The van der Waals surface area contributed by atoms with Gasteiger partial charge in [0.15, 0.2) is 0 Å². The number of halogens is 1. The molecule has 0 radical (unpaired) electrons. The highest BCUT2D eigenvalue weighted by atomic mass is 79.9. The van der Waals surface area contributed by atoms with E-state index >= 15 is 0 Å². The summed E-state index contributed by atoms with van der Waals surface area (Å²) in [6.45, 7) is 1.61. The Morgan fingerprint density at radius 3 is 2.32 bits per heavy atom. The van der Waals surface area contributed by atoms with Crippen molar-refractivity contribution in [2.24, 2.45) is 5.73 Å². The van der Waals surface area contributed by atoms with Crippen LogP contribution in [0.3, 0.4) is 0 Å². The number of hydrogen-bond donors (Lipinski definition) is 1. The molecule has 2 atom stereocenters. The van der Waals surface area contributed by atoms with Crippen LogP contribution in [0.4, 0.5) is 5.69 Å². The van der Waals surface area contributed by atoms with Crippen LogP contribution in [-0.2, 0) is 9.47 Å². The van der Waals surface area contributed by atoms with Crippen molar-refractivity contribution in [1.29, 1.82) is 0 Å². The maximum atomic E-state index is 5.63. The Morgan fingerprint density at radius 1 is 1.32 bits per heavy atom. The van der Waals surface area contributed by atoms with Crippen LogP contribution in [0.5, 0.6) is 0 Å². The summed E-state index contributed by atoms with van der Waals surface area (Å²) in [5, 5.41) is 0. The minimum atomic E-state index is 0.0900. The van der Waals surface area contributed by atoms with E-state index in [1.54, 1.807) is 14.2 Å². The first-order valence-electron chi connectivity index (χ1n) is 5.96. The summed E-state index contributed by atoms with van der Waals surface area (Å²) in [6, 6.07) is 5.90. The van der Waals surface area contributed by atoms with Crippen molar-refractivity contribution < 1.29 is 9.47 Å². The summed E-state index contributed by atoms with van der Waals surface area (Å²) >= 11 is 8.55. The lowest BCUT2D eigenvalue weighted by Gasteiger charge is -2.20. The van der Waals surface area contributed by atoms with Gasteiger partial charge in [0.05, 0.1) is 5.69 Å². The first-order chi connectivity index (χ1) is 9.06. The third-order valence-electron chi connectivity index (χ3n) is 3.39. The second-order valence-electron chi connectivity index (χ2n) is 4.48. The van der Waals surface area contributed by atoms with Gasteiger partial charge in [-0.25, -0.2) is 0 Å². The molecule has 1 heterocycles. The highest BCUT2D eigenvalue weighted by molar-refractivity contribution is 9.10. The number of rotatable bonds is 4. The molecule has 1 aliphatic heterocycles. The molecule has 1 aliphatic rings. The monoisotopic (exact) mass is 344 g/mol. The Bertz CT molecular complexity index is 472. The van der Waals surface area contributed by atoms with E-state index in [1.807, 2.05) is 18.2 Å². The average molecular weight is 345 g/mol. The first kappa shape index (κ1) is 14.7. The van der Waals surface area contributed by atoms with Gasteiger partial charge >= 0.3 is 0 Å². The lowest BCUT2D eigenvalue weighted by atomic mass is 10.2. The molecule has 6 heteroatoms. The van der Waals surface area contributed by atoms with E-state index in [2.05, 4.69) is 20.8 Å². The van der Waals surface area contributed by atoms with Gasteiger partial charge in [-0.05, 0) is 34.1 Å². The molecule has 0 amide bonds. The molecule has 0 spiro atoms. The van der Waals surface area contributed by atoms with Gasteiger partial charge < -0.3 is 20.1 Å². The average Bonchev–Trinajstić information content (AvgIpc) is 2.81. The molecule has 1 saturated heterocycles. The van der Waals surface area contributed by atoms with Gasteiger partial charge in [-0.1, -0.05) is 12.2 Å². The van der Waals surface area contributed by atoms with E-state index in [4.69, 9.17) is 27.4 Å². The van der Waals surface area contributed by atoms with Crippen LogP contribution in [-0.4, -0.2) is 44.5 Å². The zero-order chi connectivity index (χ0) is 14.0.